The minimum absolute atomic E-state index is 0.370. The SMILES string of the molecule is Cc1cc(C)cc(-c2cnoc2N)c1. The van der Waals surface area contributed by atoms with Crippen LogP contribution in [0.25, 0.3) is 11.1 Å². The summed E-state index contributed by atoms with van der Waals surface area (Å²) in [6, 6.07) is 6.25. The third-order valence-electron chi connectivity index (χ3n) is 2.13. The predicted molar refractivity (Wildman–Crippen MR) is 55.8 cm³/mol. The Labute approximate surface area is 82.5 Å². The van der Waals surface area contributed by atoms with E-state index in [-0.39, 0.29) is 0 Å². The molecule has 0 aliphatic heterocycles. The molecule has 0 fully saturated rings. The maximum atomic E-state index is 5.64. The molecule has 3 nitrogen and oxygen atoms in total. The Bertz CT molecular complexity index is 440. The Balaban J connectivity index is 2.57. The number of aromatic nitrogens is 1. The molecule has 0 unspecified atom stereocenters. The molecule has 1 aromatic heterocycles. The third-order valence-corrected chi connectivity index (χ3v) is 2.13. The molecule has 1 heterocycles. The Hall–Kier alpha value is -1.77. The molecule has 0 bridgehead atoms. The summed E-state index contributed by atoms with van der Waals surface area (Å²) in [5.41, 5.74) is 9.98. The summed E-state index contributed by atoms with van der Waals surface area (Å²) in [6.07, 6.45) is 1.64. The number of nitrogens with zero attached hydrogens (tertiary/aromatic N) is 1. The van der Waals surface area contributed by atoms with Crippen molar-refractivity contribution in [3.63, 3.8) is 0 Å². The lowest BCUT2D eigenvalue weighted by atomic mass is 10.0. The molecule has 0 saturated carbocycles. The van der Waals surface area contributed by atoms with E-state index in [2.05, 4.69) is 37.2 Å². The first kappa shape index (κ1) is 8.81. The normalized spacial score (nSPS) is 10.4. The lowest BCUT2D eigenvalue weighted by molar-refractivity contribution is 0.436. The van der Waals surface area contributed by atoms with Gasteiger partial charge in [-0.1, -0.05) is 34.5 Å². The fraction of sp³-hybridized carbons (Fsp3) is 0.182. The number of aryl methyl sites for hydroxylation is 2. The average molecular weight is 188 g/mol. The van der Waals surface area contributed by atoms with Gasteiger partial charge in [0.05, 0.1) is 11.8 Å². The van der Waals surface area contributed by atoms with Crippen molar-refractivity contribution < 1.29 is 4.52 Å². The number of nitrogens with two attached hydrogens (primary N) is 1. The van der Waals surface area contributed by atoms with Crippen molar-refractivity contribution in [1.29, 1.82) is 0 Å². The van der Waals surface area contributed by atoms with Gasteiger partial charge in [0.2, 0.25) is 5.88 Å². The lowest BCUT2D eigenvalue weighted by Crippen LogP contribution is -1.86. The van der Waals surface area contributed by atoms with E-state index >= 15 is 0 Å². The van der Waals surface area contributed by atoms with E-state index in [9.17, 15) is 0 Å². The van der Waals surface area contributed by atoms with Crippen LogP contribution in [0.1, 0.15) is 11.1 Å². The standard InChI is InChI=1S/C11H12N2O/c1-7-3-8(2)5-9(4-7)10-6-13-14-11(10)12/h3-6H,12H2,1-2H3. The first-order valence-corrected chi connectivity index (χ1v) is 4.45. The highest BCUT2D eigenvalue weighted by Crippen LogP contribution is 2.26. The zero-order chi connectivity index (χ0) is 10.1. The number of rotatable bonds is 1. The van der Waals surface area contributed by atoms with Crippen LogP contribution in [0.4, 0.5) is 5.88 Å². The number of benzene rings is 1. The van der Waals surface area contributed by atoms with Crippen LogP contribution in [0.2, 0.25) is 0 Å². The maximum Gasteiger partial charge on any atom is 0.229 e. The van der Waals surface area contributed by atoms with Crippen molar-refractivity contribution in [2.24, 2.45) is 0 Å². The van der Waals surface area contributed by atoms with Crippen molar-refractivity contribution >= 4 is 5.88 Å². The zero-order valence-electron chi connectivity index (χ0n) is 8.24. The fourth-order valence-electron chi connectivity index (χ4n) is 1.60. The molecule has 0 radical (unpaired) electrons. The average Bonchev–Trinajstić information content (AvgIpc) is 2.49. The first-order chi connectivity index (χ1) is 6.66. The highest BCUT2D eigenvalue weighted by Gasteiger charge is 2.07. The summed E-state index contributed by atoms with van der Waals surface area (Å²) in [7, 11) is 0. The number of hydrogen-bond acceptors (Lipinski definition) is 3. The summed E-state index contributed by atoms with van der Waals surface area (Å²) in [4.78, 5) is 0. The number of nitrogen functional groups attached to an aromatic ring is 1. The van der Waals surface area contributed by atoms with Gasteiger partial charge < -0.3 is 10.3 Å². The summed E-state index contributed by atoms with van der Waals surface area (Å²) in [5, 5.41) is 3.66. The predicted octanol–water partition coefficient (Wildman–Crippen LogP) is 2.54. The van der Waals surface area contributed by atoms with Crippen LogP contribution in [0.3, 0.4) is 0 Å². The van der Waals surface area contributed by atoms with Crippen LogP contribution in [-0.4, -0.2) is 5.16 Å². The molecule has 0 spiro atoms. The molecule has 0 atom stereocenters. The second-order valence-corrected chi connectivity index (χ2v) is 3.48. The number of hydrogen-bond donors (Lipinski definition) is 1. The van der Waals surface area contributed by atoms with Gasteiger partial charge in [-0.2, -0.15) is 0 Å². The third kappa shape index (κ3) is 1.48. The largest absolute Gasteiger partial charge is 0.367 e. The highest BCUT2D eigenvalue weighted by molar-refractivity contribution is 5.72. The molecule has 0 aliphatic carbocycles. The number of anilines is 1. The topological polar surface area (TPSA) is 52.0 Å². The molecule has 2 rings (SSSR count). The van der Waals surface area contributed by atoms with Crippen molar-refractivity contribution in [2.45, 2.75) is 13.8 Å². The Kier molecular flexibility index (Phi) is 2.00. The molecule has 3 heteroatoms. The zero-order valence-corrected chi connectivity index (χ0v) is 8.24. The quantitative estimate of drug-likeness (QED) is 0.748. The first-order valence-electron chi connectivity index (χ1n) is 4.45. The summed E-state index contributed by atoms with van der Waals surface area (Å²) in [6.45, 7) is 4.11. The molecule has 0 amide bonds. The summed E-state index contributed by atoms with van der Waals surface area (Å²) in [5.74, 6) is 0.370. The molecule has 72 valence electrons. The van der Waals surface area contributed by atoms with Crippen LogP contribution < -0.4 is 5.73 Å². The van der Waals surface area contributed by atoms with Crippen molar-refractivity contribution in [1.82, 2.24) is 5.16 Å². The van der Waals surface area contributed by atoms with E-state index in [1.807, 2.05) is 0 Å². The van der Waals surface area contributed by atoms with E-state index in [0.29, 0.717) is 5.88 Å². The van der Waals surface area contributed by atoms with Crippen LogP contribution in [0, 0.1) is 13.8 Å². The van der Waals surface area contributed by atoms with Gasteiger partial charge in [0.15, 0.2) is 0 Å². The molecule has 1 aromatic carbocycles. The van der Waals surface area contributed by atoms with Gasteiger partial charge in [0.25, 0.3) is 0 Å². The van der Waals surface area contributed by atoms with E-state index in [1.165, 1.54) is 11.1 Å². The molecule has 2 N–H and O–H groups in total. The van der Waals surface area contributed by atoms with E-state index in [4.69, 9.17) is 10.3 Å². The molecular weight excluding hydrogens is 176 g/mol. The Morgan fingerprint density at radius 3 is 2.29 bits per heavy atom. The van der Waals surface area contributed by atoms with E-state index in [0.717, 1.165) is 11.1 Å². The smallest absolute Gasteiger partial charge is 0.229 e. The van der Waals surface area contributed by atoms with Crippen molar-refractivity contribution in [2.75, 3.05) is 5.73 Å². The van der Waals surface area contributed by atoms with E-state index in [1.54, 1.807) is 6.20 Å². The molecule has 2 aromatic rings. The maximum absolute atomic E-state index is 5.64. The minimum Gasteiger partial charge on any atom is -0.367 e. The monoisotopic (exact) mass is 188 g/mol. The Morgan fingerprint density at radius 2 is 1.79 bits per heavy atom. The van der Waals surface area contributed by atoms with Gasteiger partial charge >= 0.3 is 0 Å². The van der Waals surface area contributed by atoms with Crippen molar-refractivity contribution in [3.05, 3.63) is 35.5 Å². The summed E-state index contributed by atoms with van der Waals surface area (Å²) >= 11 is 0. The van der Waals surface area contributed by atoms with Gasteiger partial charge in [-0.05, 0) is 19.4 Å². The van der Waals surface area contributed by atoms with Gasteiger partial charge in [-0.15, -0.1) is 0 Å². The van der Waals surface area contributed by atoms with Gasteiger partial charge in [0, 0.05) is 0 Å². The second kappa shape index (κ2) is 3.18. The van der Waals surface area contributed by atoms with Crippen LogP contribution in [-0.2, 0) is 0 Å². The van der Waals surface area contributed by atoms with Crippen LogP contribution in [0.15, 0.2) is 28.9 Å². The summed E-state index contributed by atoms with van der Waals surface area (Å²) < 4.78 is 4.83. The van der Waals surface area contributed by atoms with Gasteiger partial charge in [0.1, 0.15) is 0 Å². The molecular formula is C11H12N2O. The van der Waals surface area contributed by atoms with Crippen molar-refractivity contribution in [3.8, 4) is 11.1 Å². The van der Waals surface area contributed by atoms with Gasteiger partial charge in [-0.25, -0.2) is 0 Å². The van der Waals surface area contributed by atoms with Crippen LogP contribution >= 0.6 is 0 Å². The molecule has 0 saturated heterocycles. The molecule has 0 aliphatic rings. The fourth-order valence-corrected chi connectivity index (χ4v) is 1.60. The minimum atomic E-state index is 0.370. The van der Waals surface area contributed by atoms with E-state index < -0.39 is 0 Å². The molecule has 14 heavy (non-hydrogen) atoms. The lowest BCUT2D eigenvalue weighted by Gasteiger charge is -2.02. The van der Waals surface area contributed by atoms with Gasteiger partial charge in [-0.3, -0.25) is 0 Å². The second-order valence-electron chi connectivity index (χ2n) is 3.48. The highest BCUT2D eigenvalue weighted by atomic mass is 16.5. The van der Waals surface area contributed by atoms with Crippen LogP contribution in [0.5, 0.6) is 0 Å². The Morgan fingerprint density at radius 1 is 1.14 bits per heavy atom.